The van der Waals surface area contributed by atoms with E-state index in [1.165, 1.54) is 218 Å². The lowest BCUT2D eigenvalue weighted by molar-refractivity contribution is -0.302. The molecule has 1 saturated heterocycles. The van der Waals surface area contributed by atoms with Gasteiger partial charge in [-0.3, -0.25) is 9.59 Å². The van der Waals surface area contributed by atoms with Gasteiger partial charge in [-0.15, -0.1) is 0 Å². The highest BCUT2D eigenvalue weighted by molar-refractivity contribution is 5.76. The molecule has 1 aliphatic heterocycles. The van der Waals surface area contributed by atoms with Gasteiger partial charge < -0.3 is 45.1 Å². The van der Waals surface area contributed by atoms with Crippen LogP contribution >= 0.6 is 0 Å². The van der Waals surface area contributed by atoms with Crippen molar-refractivity contribution in [2.75, 3.05) is 19.8 Å². The fraction of sp³-hybridized carbons (Fsp3) is 0.855. The van der Waals surface area contributed by atoms with Gasteiger partial charge in [0.25, 0.3) is 0 Å². The minimum atomic E-state index is -1.58. The van der Waals surface area contributed by atoms with Crippen LogP contribution in [0.15, 0.2) is 48.6 Å². The van der Waals surface area contributed by atoms with Crippen molar-refractivity contribution in [1.29, 1.82) is 0 Å². The van der Waals surface area contributed by atoms with Crippen molar-refractivity contribution in [3.05, 3.63) is 48.6 Å². The second kappa shape index (κ2) is 58.4. The Balaban J connectivity index is 1.95. The molecule has 1 rings (SSSR count). The molecule has 468 valence electrons. The van der Waals surface area contributed by atoms with Crippen molar-refractivity contribution in [3.8, 4) is 0 Å². The van der Waals surface area contributed by atoms with Gasteiger partial charge in [0.15, 0.2) is 6.29 Å². The van der Waals surface area contributed by atoms with E-state index >= 15 is 0 Å². The first-order valence-electron chi connectivity index (χ1n) is 33.9. The monoisotopic (exact) mass is 1130 g/mol. The van der Waals surface area contributed by atoms with Gasteiger partial charge in [0.1, 0.15) is 24.4 Å². The average Bonchev–Trinajstić information content (AvgIpc) is 3.46. The quantitative estimate of drug-likeness (QED) is 0.0195. The van der Waals surface area contributed by atoms with E-state index in [2.05, 4.69) is 55.6 Å². The van der Waals surface area contributed by atoms with E-state index in [1.807, 2.05) is 6.08 Å². The Kier molecular flexibility index (Phi) is 55.2. The summed E-state index contributed by atoms with van der Waals surface area (Å²) in [6.45, 7) is 4.29. The summed E-state index contributed by atoms with van der Waals surface area (Å²) >= 11 is 0. The average molecular weight is 1130 g/mol. The van der Waals surface area contributed by atoms with Crippen LogP contribution in [0, 0.1) is 0 Å². The minimum Gasteiger partial charge on any atom is -0.466 e. The van der Waals surface area contributed by atoms with Crippen molar-refractivity contribution in [2.24, 2.45) is 0 Å². The van der Waals surface area contributed by atoms with Crippen molar-refractivity contribution in [2.45, 2.75) is 358 Å². The van der Waals surface area contributed by atoms with Crippen molar-refractivity contribution in [1.82, 2.24) is 5.32 Å². The molecule has 0 aromatic heterocycles. The number of ether oxygens (including phenoxy) is 3. The number of rotatable bonds is 59. The Bertz CT molecular complexity index is 1470. The molecule has 6 N–H and O–H groups in total. The molecule has 7 unspecified atom stereocenters. The zero-order valence-electron chi connectivity index (χ0n) is 51.8. The number of carbonyl (C=O) groups is 2. The number of allylic oxidation sites excluding steroid dienone is 7. The lowest BCUT2D eigenvalue weighted by Crippen LogP contribution is -2.60. The second-order valence-corrected chi connectivity index (χ2v) is 23.5. The number of unbranched alkanes of at least 4 members (excludes halogenated alkanes) is 39. The van der Waals surface area contributed by atoms with Crippen LogP contribution in [0.3, 0.4) is 0 Å². The summed E-state index contributed by atoms with van der Waals surface area (Å²) in [6, 6.07) is -0.829. The molecule has 0 saturated carbocycles. The topological polar surface area (TPSA) is 175 Å². The van der Waals surface area contributed by atoms with Crippen molar-refractivity contribution in [3.63, 3.8) is 0 Å². The van der Waals surface area contributed by atoms with Gasteiger partial charge in [-0.1, -0.05) is 274 Å². The highest BCUT2D eigenvalue weighted by Gasteiger charge is 2.44. The summed E-state index contributed by atoms with van der Waals surface area (Å²) < 4.78 is 16.7. The zero-order valence-corrected chi connectivity index (χ0v) is 51.8. The van der Waals surface area contributed by atoms with Crippen molar-refractivity contribution < 1.29 is 49.3 Å². The largest absolute Gasteiger partial charge is 0.466 e. The summed E-state index contributed by atoms with van der Waals surface area (Å²) in [5, 5.41) is 54.2. The van der Waals surface area contributed by atoms with Crippen LogP contribution in [0.2, 0.25) is 0 Å². The number of nitrogens with one attached hydrogen (secondary N) is 1. The van der Waals surface area contributed by atoms with Gasteiger partial charge in [0.2, 0.25) is 5.91 Å². The fourth-order valence-electron chi connectivity index (χ4n) is 10.5. The van der Waals surface area contributed by atoms with Gasteiger partial charge in [-0.25, -0.2) is 0 Å². The molecular formula is C69H127NO10. The van der Waals surface area contributed by atoms with Crippen LogP contribution in [0.1, 0.15) is 316 Å². The molecule has 0 spiro atoms. The summed E-state index contributed by atoms with van der Waals surface area (Å²) in [6.07, 6.45) is 65.4. The Morgan fingerprint density at radius 2 is 0.850 bits per heavy atom. The molecule has 1 amide bonds. The van der Waals surface area contributed by atoms with Crippen LogP contribution < -0.4 is 5.32 Å². The van der Waals surface area contributed by atoms with Crippen LogP contribution in [0.25, 0.3) is 0 Å². The van der Waals surface area contributed by atoms with E-state index in [0.29, 0.717) is 19.4 Å². The third kappa shape index (κ3) is 47.0. The molecule has 11 heteroatoms. The van der Waals surface area contributed by atoms with Crippen LogP contribution in [-0.2, 0) is 23.8 Å². The first kappa shape index (κ1) is 75.6. The Morgan fingerprint density at radius 1 is 0.463 bits per heavy atom. The second-order valence-electron chi connectivity index (χ2n) is 23.5. The molecular weight excluding hydrogens is 1000 g/mol. The van der Waals surface area contributed by atoms with Gasteiger partial charge in [0, 0.05) is 12.8 Å². The molecule has 1 aliphatic rings. The normalized spacial score (nSPS) is 18.6. The summed E-state index contributed by atoms with van der Waals surface area (Å²) in [5.74, 6) is -0.193. The molecule has 7 atom stereocenters. The number of hydrogen-bond acceptors (Lipinski definition) is 10. The molecule has 0 aromatic carbocycles. The van der Waals surface area contributed by atoms with Gasteiger partial charge in [-0.2, -0.15) is 0 Å². The van der Waals surface area contributed by atoms with Gasteiger partial charge >= 0.3 is 5.97 Å². The molecule has 0 aliphatic carbocycles. The first-order valence-corrected chi connectivity index (χ1v) is 33.9. The van der Waals surface area contributed by atoms with Crippen LogP contribution in [0.4, 0.5) is 0 Å². The zero-order chi connectivity index (χ0) is 58.0. The van der Waals surface area contributed by atoms with E-state index in [0.717, 1.165) is 70.6 Å². The highest BCUT2D eigenvalue weighted by atomic mass is 16.7. The number of amides is 1. The van der Waals surface area contributed by atoms with E-state index in [9.17, 15) is 35.1 Å². The third-order valence-corrected chi connectivity index (χ3v) is 15.9. The fourth-order valence-corrected chi connectivity index (χ4v) is 10.5. The van der Waals surface area contributed by atoms with Crippen molar-refractivity contribution >= 4 is 11.9 Å². The highest BCUT2D eigenvalue weighted by Crippen LogP contribution is 2.23. The number of hydrogen-bond donors (Lipinski definition) is 6. The number of aliphatic hydroxyl groups excluding tert-OH is 5. The predicted octanol–water partition coefficient (Wildman–Crippen LogP) is 16.8. The van der Waals surface area contributed by atoms with E-state index in [-0.39, 0.29) is 18.5 Å². The maximum absolute atomic E-state index is 13.0. The molecule has 0 radical (unpaired) electrons. The number of aliphatic hydroxyl groups is 5. The lowest BCUT2D eigenvalue weighted by atomic mass is 9.99. The third-order valence-electron chi connectivity index (χ3n) is 15.9. The molecule has 11 nitrogen and oxygen atoms in total. The smallest absolute Gasteiger partial charge is 0.305 e. The van der Waals surface area contributed by atoms with Crippen LogP contribution in [0.5, 0.6) is 0 Å². The Morgan fingerprint density at radius 3 is 1.34 bits per heavy atom. The molecule has 80 heavy (non-hydrogen) atoms. The lowest BCUT2D eigenvalue weighted by Gasteiger charge is -2.40. The molecule has 1 fully saturated rings. The maximum Gasteiger partial charge on any atom is 0.305 e. The molecule has 0 aromatic rings. The minimum absolute atomic E-state index is 0.00408. The SMILES string of the molecule is CCCCC/C=C/CC/C=C/C(O)C(COC1OC(CO)C(O)C(O)C1O)NC(=O)CCCCCCCCCCCCC/C=C\C/C=C\CCCCCCCCCCCOC(=O)CCCCCCCCCCCCCCCCCC. The number of carbonyl (C=O) groups excluding carboxylic acids is 2. The Hall–Kier alpha value is -2.38. The number of esters is 1. The maximum atomic E-state index is 13.0. The van der Waals surface area contributed by atoms with Gasteiger partial charge in [0.05, 0.1) is 32.0 Å². The predicted molar refractivity (Wildman–Crippen MR) is 334 cm³/mol. The van der Waals surface area contributed by atoms with E-state index < -0.39 is 49.5 Å². The Labute approximate surface area is 491 Å². The summed E-state index contributed by atoms with van der Waals surface area (Å²) in [4.78, 5) is 25.1. The first-order chi connectivity index (χ1) is 39.2. The van der Waals surface area contributed by atoms with E-state index in [4.69, 9.17) is 14.2 Å². The molecule has 0 bridgehead atoms. The summed E-state index contributed by atoms with van der Waals surface area (Å²) in [5.41, 5.74) is 0. The standard InChI is InChI=1S/C69H127NO10/c1-3-5-7-9-11-13-14-15-16-31-34-37-41-45-49-53-57-65(74)78-58-54-50-46-42-38-35-32-29-27-25-23-21-19-17-18-20-22-24-26-28-30-33-36-40-44-48-52-56-64(73)70-61(62(72)55-51-47-43-39-12-10-8-6-4-2)60-79-69-68(77)67(76)66(75)63(59-71)80-69/h12,17-18,21,23,39,51,55,61-63,66-69,71-72,75-77H,3-11,13-16,19-20,22,24-38,40-50,52-54,56-60H2,1-2H3,(H,70,73)/b18-17-,23-21-,39-12+,55-51+. The van der Waals surface area contributed by atoms with Gasteiger partial charge in [-0.05, 0) is 77.0 Å². The summed E-state index contributed by atoms with van der Waals surface area (Å²) in [7, 11) is 0. The van der Waals surface area contributed by atoms with E-state index in [1.54, 1.807) is 6.08 Å². The molecule has 1 heterocycles. The van der Waals surface area contributed by atoms with Crippen LogP contribution in [-0.4, -0.2) is 100 Å².